The second-order valence-corrected chi connectivity index (χ2v) is 5.08. The smallest absolute Gasteiger partial charge is 0.408 e. The highest BCUT2D eigenvalue weighted by molar-refractivity contribution is 5.67. The Kier molecular flexibility index (Phi) is 4.47. The molecule has 0 aromatic carbocycles. The molecule has 6 nitrogen and oxygen atoms in total. The van der Waals surface area contributed by atoms with Gasteiger partial charge < -0.3 is 15.0 Å². The van der Waals surface area contributed by atoms with E-state index in [2.05, 4.69) is 15.3 Å². The first-order valence-electron chi connectivity index (χ1n) is 5.74. The minimum Gasteiger partial charge on any atom is -0.444 e. The molecule has 18 heavy (non-hydrogen) atoms. The van der Waals surface area contributed by atoms with Crippen LogP contribution in [0.5, 0.6) is 0 Å². The fraction of sp³-hybridized carbons (Fsp3) is 0.583. The predicted octanol–water partition coefficient (Wildman–Crippen LogP) is 1.57. The van der Waals surface area contributed by atoms with Gasteiger partial charge in [-0.3, -0.25) is 0 Å². The van der Waals surface area contributed by atoms with Crippen molar-refractivity contribution < 1.29 is 9.53 Å². The highest BCUT2D eigenvalue weighted by Gasteiger charge is 2.16. The molecule has 1 aromatic heterocycles. The van der Waals surface area contributed by atoms with Crippen molar-refractivity contribution in [2.24, 2.45) is 0 Å². The Bertz CT molecular complexity index is 413. The Hall–Kier alpha value is -1.85. The summed E-state index contributed by atoms with van der Waals surface area (Å²) in [5, 5.41) is 2.62. The van der Waals surface area contributed by atoms with Crippen LogP contribution in [0, 0.1) is 0 Å². The number of aromatic nitrogens is 2. The normalized spacial score (nSPS) is 10.9. The summed E-state index contributed by atoms with van der Waals surface area (Å²) in [6.07, 6.45) is 1.19. The number of rotatable bonds is 3. The molecule has 1 aromatic rings. The minimum absolute atomic E-state index is 0.247. The zero-order chi connectivity index (χ0) is 13.8. The number of nitrogens with one attached hydrogen (secondary N) is 1. The number of hydrogen-bond donors (Lipinski definition) is 1. The molecule has 100 valence electrons. The lowest BCUT2D eigenvalue weighted by atomic mass is 10.2. The maximum absolute atomic E-state index is 11.5. The molecule has 0 radical (unpaired) electrons. The van der Waals surface area contributed by atoms with Gasteiger partial charge in [-0.05, 0) is 26.8 Å². The van der Waals surface area contributed by atoms with Crippen LogP contribution in [-0.4, -0.2) is 35.8 Å². The van der Waals surface area contributed by atoms with Crippen LogP contribution < -0.4 is 10.2 Å². The third-order valence-electron chi connectivity index (χ3n) is 1.94. The van der Waals surface area contributed by atoms with E-state index in [0.29, 0.717) is 5.82 Å². The van der Waals surface area contributed by atoms with Gasteiger partial charge in [0, 0.05) is 20.3 Å². The Labute approximate surface area is 107 Å². The lowest BCUT2D eigenvalue weighted by molar-refractivity contribution is 0.0522. The Morgan fingerprint density at radius 1 is 1.44 bits per heavy atom. The van der Waals surface area contributed by atoms with E-state index in [9.17, 15) is 4.79 Å². The quantitative estimate of drug-likeness (QED) is 0.884. The van der Waals surface area contributed by atoms with Crippen LogP contribution in [0.25, 0.3) is 0 Å². The van der Waals surface area contributed by atoms with E-state index in [1.165, 1.54) is 0 Å². The molecule has 0 bridgehead atoms. The van der Waals surface area contributed by atoms with Crippen molar-refractivity contribution in [2.75, 3.05) is 19.0 Å². The maximum Gasteiger partial charge on any atom is 0.408 e. The maximum atomic E-state index is 11.5. The van der Waals surface area contributed by atoms with E-state index in [1.54, 1.807) is 12.3 Å². The Balaban J connectivity index is 2.53. The highest BCUT2D eigenvalue weighted by atomic mass is 16.6. The molecule has 1 heterocycles. The minimum atomic E-state index is -0.504. The first-order chi connectivity index (χ1) is 8.28. The summed E-state index contributed by atoms with van der Waals surface area (Å²) >= 11 is 0. The monoisotopic (exact) mass is 252 g/mol. The van der Waals surface area contributed by atoms with Crippen LogP contribution in [-0.2, 0) is 11.3 Å². The molecular formula is C12H20N4O2. The van der Waals surface area contributed by atoms with Gasteiger partial charge in [0.05, 0.1) is 6.54 Å². The van der Waals surface area contributed by atoms with Crippen molar-refractivity contribution in [3.05, 3.63) is 18.1 Å². The van der Waals surface area contributed by atoms with Gasteiger partial charge in [0.15, 0.2) is 0 Å². The van der Waals surface area contributed by atoms with Crippen molar-refractivity contribution >= 4 is 11.9 Å². The molecule has 1 N–H and O–H groups in total. The molecule has 0 aliphatic rings. The molecule has 6 heteroatoms. The average Bonchev–Trinajstić information content (AvgIpc) is 2.24. The number of alkyl carbamates (subject to hydrolysis) is 1. The largest absolute Gasteiger partial charge is 0.444 e. The van der Waals surface area contributed by atoms with Gasteiger partial charge >= 0.3 is 6.09 Å². The lowest BCUT2D eigenvalue weighted by Gasteiger charge is -2.19. The lowest BCUT2D eigenvalue weighted by Crippen LogP contribution is -2.32. The number of anilines is 1. The molecular weight excluding hydrogens is 232 g/mol. The van der Waals surface area contributed by atoms with Crippen LogP contribution >= 0.6 is 0 Å². The molecule has 0 saturated heterocycles. The first-order valence-corrected chi connectivity index (χ1v) is 5.74. The van der Waals surface area contributed by atoms with Gasteiger partial charge in [0.25, 0.3) is 0 Å². The summed E-state index contributed by atoms with van der Waals surface area (Å²) in [5.74, 6) is 1.35. The van der Waals surface area contributed by atoms with E-state index < -0.39 is 11.7 Å². The van der Waals surface area contributed by atoms with E-state index in [4.69, 9.17) is 4.74 Å². The SMILES string of the molecule is CN(C)c1ccnc(CNC(=O)OC(C)(C)C)n1. The second-order valence-electron chi connectivity index (χ2n) is 5.08. The van der Waals surface area contributed by atoms with Gasteiger partial charge in [0.1, 0.15) is 17.2 Å². The topological polar surface area (TPSA) is 67.4 Å². The fourth-order valence-corrected chi connectivity index (χ4v) is 1.19. The third-order valence-corrected chi connectivity index (χ3v) is 1.94. The Morgan fingerprint density at radius 2 is 2.11 bits per heavy atom. The highest BCUT2D eigenvalue weighted by Crippen LogP contribution is 2.07. The van der Waals surface area contributed by atoms with Crippen molar-refractivity contribution in [3.8, 4) is 0 Å². The molecule has 0 atom stereocenters. The van der Waals surface area contributed by atoms with Crippen LogP contribution in [0.15, 0.2) is 12.3 Å². The number of nitrogens with zero attached hydrogens (tertiary/aromatic N) is 3. The molecule has 0 aliphatic heterocycles. The van der Waals surface area contributed by atoms with E-state index >= 15 is 0 Å². The average molecular weight is 252 g/mol. The third kappa shape index (κ3) is 4.99. The molecule has 0 aliphatic carbocycles. The van der Waals surface area contributed by atoms with Gasteiger partial charge in [-0.2, -0.15) is 0 Å². The first kappa shape index (κ1) is 14.2. The zero-order valence-corrected chi connectivity index (χ0v) is 11.5. The van der Waals surface area contributed by atoms with Gasteiger partial charge in [-0.25, -0.2) is 14.8 Å². The Morgan fingerprint density at radius 3 is 2.67 bits per heavy atom. The van der Waals surface area contributed by atoms with Gasteiger partial charge in [0.2, 0.25) is 0 Å². The van der Waals surface area contributed by atoms with E-state index in [1.807, 2.05) is 39.8 Å². The molecule has 0 saturated carbocycles. The van der Waals surface area contributed by atoms with Gasteiger partial charge in [-0.15, -0.1) is 0 Å². The summed E-state index contributed by atoms with van der Waals surface area (Å²) in [6, 6.07) is 1.80. The van der Waals surface area contributed by atoms with Crippen LogP contribution in [0.4, 0.5) is 10.6 Å². The van der Waals surface area contributed by atoms with Crippen molar-refractivity contribution in [2.45, 2.75) is 32.9 Å². The van der Waals surface area contributed by atoms with Crippen LogP contribution in [0.2, 0.25) is 0 Å². The summed E-state index contributed by atoms with van der Waals surface area (Å²) < 4.78 is 5.12. The number of ether oxygens (including phenoxy) is 1. The summed E-state index contributed by atoms with van der Waals surface area (Å²) in [6.45, 7) is 5.69. The number of carbonyl (C=O) groups excluding carboxylic acids is 1. The summed E-state index contributed by atoms with van der Waals surface area (Å²) in [5.41, 5.74) is -0.504. The standard InChI is InChI=1S/C12H20N4O2/c1-12(2,3)18-11(17)14-8-9-13-7-6-10(15-9)16(4)5/h6-7H,8H2,1-5H3,(H,14,17). The zero-order valence-electron chi connectivity index (χ0n) is 11.5. The molecule has 1 amide bonds. The van der Waals surface area contributed by atoms with E-state index in [0.717, 1.165) is 5.82 Å². The van der Waals surface area contributed by atoms with Crippen molar-refractivity contribution in [1.29, 1.82) is 0 Å². The number of hydrogen-bond acceptors (Lipinski definition) is 5. The van der Waals surface area contributed by atoms with E-state index in [-0.39, 0.29) is 6.54 Å². The predicted molar refractivity (Wildman–Crippen MR) is 69.4 cm³/mol. The van der Waals surface area contributed by atoms with Crippen molar-refractivity contribution in [1.82, 2.24) is 15.3 Å². The molecule has 1 rings (SSSR count). The summed E-state index contributed by atoms with van der Waals surface area (Å²) in [4.78, 5) is 21.7. The van der Waals surface area contributed by atoms with Crippen molar-refractivity contribution in [3.63, 3.8) is 0 Å². The molecule has 0 spiro atoms. The molecule has 0 fully saturated rings. The second kappa shape index (κ2) is 5.66. The fourth-order valence-electron chi connectivity index (χ4n) is 1.19. The molecule has 0 unspecified atom stereocenters. The van der Waals surface area contributed by atoms with Crippen LogP contribution in [0.3, 0.4) is 0 Å². The van der Waals surface area contributed by atoms with Gasteiger partial charge in [-0.1, -0.05) is 0 Å². The van der Waals surface area contributed by atoms with Crippen LogP contribution in [0.1, 0.15) is 26.6 Å². The summed E-state index contributed by atoms with van der Waals surface area (Å²) in [7, 11) is 3.79. The number of amides is 1. The number of carbonyl (C=O) groups is 1.